The van der Waals surface area contributed by atoms with Gasteiger partial charge in [0, 0.05) is 23.7 Å². The summed E-state index contributed by atoms with van der Waals surface area (Å²) in [5.74, 6) is 1.65. The third-order valence-electron chi connectivity index (χ3n) is 3.67. The summed E-state index contributed by atoms with van der Waals surface area (Å²) in [5, 5.41) is 7.04. The molecule has 122 valence electrons. The van der Waals surface area contributed by atoms with E-state index in [4.69, 9.17) is 11.6 Å². The lowest BCUT2D eigenvalue weighted by atomic mass is 10.2. The highest BCUT2D eigenvalue weighted by Gasteiger charge is 2.27. The van der Waals surface area contributed by atoms with E-state index in [1.165, 1.54) is 6.33 Å². The lowest BCUT2D eigenvalue weighted by Crippen LogP contribution is -2.21. The van der Waals surface area contributed by atoms with Crippen LogP contribution >= 0.6 is 11.6 Å². The minimum atomic E-state index is -2.91. The lowest BCUT2D eigenvalue weighted by Gasteiger charge is -2.12. The second-order valence-electron chi connectivity index (χ2n) is 5.48. The Morgan fingerprint density at radius 1 is 1.22 bits per heavy atom. The smallest absolute Gasteiger partial charge is 0.152 e. The summed E-state index contributed by atoms with van der Waals surface area (Å²) in [6.07, 6.45) is 2.05. The second kappa shape index (κ2) is 6.72. The number of anilines is 2. The van der Waals surface area contributed by atoms with Crippen LogP contribution in [0.1, 0.15) is 12.0 Å². The number of sulfone groups is 1. The Labute approximate surface area is 140 Å². The van der Waals surface area contributed by atoms with Crippen LogP contribution in [0.2, 0.25) is 5.02 Å². The molecule has 0 aliphatic carbocycles. The van der Waals surface area contributed by atoms with E-state index >= 15 is 0 Å². The number of rotatable bonds is 5. The molecule has 0 spiro atoms. The number of benzene rings is 1. The molecule has 0 saturated carbocycles. The Balaban J connectivity index is 1.62. The molecule has 1 aliphatic rings. The van der Waals surface area contributed by atoms with E-state index in [-0.39, 0.29) is 17.5 Å². The second-order valence-corrected chi connectivity index (χ2v) is 8.11. The maximum absolute atomic E-state index is 11.5. The van der Waals surface area contributed by atoms with E-state index in [9.17, 15) is 8.42 Å². The van der Waals surface area contributed by atoms with Crippen molar-refractivity contribution in [2.45, 2.75) is 19.0 Å². The first-order valence-electron chi connectivity index (χ1n) is 7.28. The molecule has 2 aromatic rings. The molecule has 1 aliphatic heterocycles. The number of halogens is 1. The summed E-state index contributed by atoms with van der Waals surface area (Å²) in [7, 11) is -2.91. The summed E-state index contributed by atoms with van der Waals surface area (Å²) < 4.78 is 23.0. The Morgan fingerprint density at radius 3 is 2.74 bits per heavy atom. The summed E-state index contributed by atoms with van der Waals surface area (Å²) in [6.45, 7) is 0.550. The molecule has 1 atom stereocenters. The van der Waals surface area contributed by atoms with Gasteiger partial charge in [0.1, 0.15) is 18.0 Å². The average Bonchev–Trinajstić information content (AvgIpc) is 2.86. The molecule has 2 N–H and O–H groups in total. The SMILES string of the molecule is O=S1(=O)CCC(Nc2cc(NCc3ccccc3Cl)ncn2)C1. The summed E-state index contributed by atoms with van der Waals surface area (Å²) in [6, 6.07) is 9.27. The van der Waals surface area contributed by atoms with E-state index in [1.807, 2.05) is 24.3 Å². The van der Waals surface area contributed by atoms with Gasteiger partial charge in [0.15, 0.2) is 9.84 Å². The molecule has 1 aromatic heterocycles. The van der Waals surface area contributed by atoms with Gasteiger partial charge in [0.2, 0.25) is 0 Å². The zero-order valence-electron chi connectivity index (χ0n) is 12.4. The van der Waals surface area contributed by atoms with Gasteiger partial charge in [-0.2, -0.15) is 0 Å². The van der Waals surface area contributed by atoms with E-state index < -0.39 is 9.84 Å². The van der Waals surface area contributed by atoms with Crippen molar-refractivity contribution >= 4 is 33.1 Å². The molecule has 1 unspecified atom stereocenters. The number of aromatic nitrogens is 2. The molecule has 23 heavy (non-hydrogen) atoms. The molecule has 2 heterocycles. The van der Waals surface area contributed by atoms with Gasteiger partial charge < -0.3 is 10.6 Å². The van der Waals surface area contributed by atoms with E-state index in [0.717, 1.165) is 5.56 Å². The van der Waals surface area contributed by atoms with Crippen LogP contribution in [0.4, 0.5) is 11.6 Å². The number of hydrogen-bond donors (Lipinski definition) is 2. The monoisotopic (exact) mass is 352 g/mol. The molecule has 1 saturated heterocycles. The van der Waals surface area contributed by atoms with Gasteiger partial charge in [-0.3, -0.25) is 0 Å². The fraction of sp³-hybridized carbons (Fsp3) is 0.333. The van der Waals surface area contributed by atoms with Crippen molar-refractivity contribution in [1.29, 1.82) is 0 Å². The Bertz CT molecular complexity index is 798. The van der Waals surface area contributed by atoms with Crippen LogP contribution in [0.25, 0.3) is 0 Å². The van der Waals surface area contributed by atoms with Gasteiger partial charge in [-0.1, -0.05) is 29.8 Å². The van der Waals surface area contributed by atoms with Crippen molar-refractivity contribution in [3.8, 4) is 0 Å². The number of hydrogen-bond acceptors (Lipinski definition) is 6. The number of nitrogens with zero attached hydrogens (tertiary/aromatic N) is 2. The molecule has 0 bridgehead atoms. The zero-order valence-corrected chi connectivity index (χ0v) is 13.9. The highest BCUT2D eigenvalue weighted by Crippen LogP contribution is 2.19. The predicted octanol–water partition coefficient (Wildman–Crippen LogP) is 2.34. The van der Waals surface area contributed by atoms with Crippen LogP contribution in [0.3, 0.4) is 0 Å². The van der Waals surface area contributed by atoms with Crippen LogP contribution in [0.15, 0.2) is 36.7 Å². The van der Waals surface area contributed by atoms with E-state index in [0.29, 0.717) is 29.6 Å². The maximum Gasteiger partial charge on any atom is 0.152 e. The van der Waals surface area contributed by atoms with Crippen molar-refractivity contribution in [2.75, 3.05) is 22.1 Å². The molecular formula is C15H17ClN4O2S. The molecule has 0 amide bonds. The van der Waals surface area contributed by atoms with Crippen LogP contribution < -0.4 is 10.6 Å². The van der Waals surface area contributed by atoms with E-state index in [2.05, 4.69) is 20.6 Å². The first-order valence-corrected chi connectivity index (χ1v) is 9.48. The molecule has 0 radical (unpaired) electrons. The standard InChI is InChI=1S/C15H17ClN4O2S/c16-13-4-2-1-3-11(13)8-17-14-7-15(19-10-18-14)20-12-5-6-23(21,22)9-12/h1-4,7,10,12H,5-6,8-9H2,(H2,17,18,19,20). The van der Waals surface area contributed by atoms with Crippen molar-refractivity contribution in [2.24, 2.45) is 0 Å². The van der Waals surface area contributed by atoms with Gasteiger partial charge in [0.05, 0.1) is 11.5 Å². The number of nitrogens with one attached hydrogen (secondary N) is 2. The van der Waals surface area contributed by atoms with Crippen molar-refractivity contribution in [3.63, 3.8) is 0 Å². The van der Waals surface area contributed by atoms with Gasteiger partial charge in [0.25, 0.3) is 0 Å². The topological polar surface area (TPSA) is 84.0 Å². The Kier molecular flexibility index (Phi) is 4.68. The van der Waals surface area contributed by atoms with Crippen LogP contribution in [-0.2, 0) is 16.4 Å². The Morgan fingerprint density at radius 2 is 2.00 bits per heavy atom. The average molecular weight is 353 g/mol. The van der Waals surface area contributed by atoms with Crippen molar-refractivity contribution in [3.05, 3.63) is 47.2 Å². The summed E-state index contributed by atoms with van der Waals surface area (Å²) in [4.78, 5) is 8.30. The highest BCUT2D eigenvalue weighted by molar-refractivity contribution is 7.91. The van der Waals surface area contributed by atoms with Crippen LogP contribution in [-0.4, -0.2) is 35.9 Å². The quantitative estimate of drug-likeness (QED) is 0.859. The predicted molar refractivity (Wildman–Crippen MR) is 91.5 cm³/mol. The van der Waals surface area contributed by atoms with Gasteiger partial charge in [-0.15, -0.1) is 0 Å². The lowest BCUT2D eigenvalue weighted by molar-refractivity contribution is 0.602. The maximum atomic E-state index is 11.5. The molecule has 1 fully saturated rings. The molecule has 3 rings (SSSR count). The molecule has 6 nitrogen and oxygen atoms in total. The van der Waals surface area contributed by atoms with Crippen LogP contribution in [0.5, 0.6) is 0 Å². The molecular weight excluding hydrogens is 336 g/mol. The first-order chi connectivity index (χ1) is 11.0. The first kappa shape index (κ1) is 16.0. The summed E-state index contributed by atoms with van der Waals surface area (Å²) in [5.41, 5.74) is 0.976. The third kappa shape index (κ3) is 4.33. The van der Waals surface area contributed by atoms with Gasteiger partial charge >= 0.3 is 0 Å². The largest absolute Gasteiger partial charge is 0.366 e. The third-order valence-corrected chi connectivity index (χ3v) is 5.81. The van der Waals surface area contributed by atoms with E-state index in [1.54, 1.807) is 6.07 Å². The molecule has 8 heteroatoms. The van der Waals surface area contributed by atoms with Gasteiger partial charge in [-0.05, 0) is 18.1 Å². The minimum Gasteiger partial charge on any atom is -0.366 e. The zero-order chi connectivity index (χ0) is 16.3. The fourth-order valence-electron chi connectivity index (χ4n) is 2.48. The normalized spacial score (nSPS) is 19.4. The van der Waals surface area contributed by atoms with Crippen LogP contribution in [0, 0.1) is 0 Å². The fourth-order valence-corrected chi connectivity index (χ4v) is 4.35. The molecule has 1 aromatic carbocycles. The van der Waals surface area contributed by atoms with Crippen molar-refractivity contribution < 1.29 is 8.42 Å². The van der Waals surface area contributed by atoms with Crippen molar-refractivity contribution in [1.82, 2.24) is 9.97 Å². The van der Waals surface area contributed by atoms with Gasteiger partial charge in [-0.25, -0.2) is 18.4 Å². The summed E-state index contributed by atoms with van der Waals surface area (Å²) >= 11 is 6.12. The Hall–Kier alpha value is -1.86. The minimum absolute atomic E-state index is 0.0914. The highest BCUT2D eigenvalue weighted by atomic mass is 35.5.